The molecule has 0 saturated carbocycles. The van der Waals surface area contributed by atoms with Crippen molar-refractivity contribution in [2.45, 2.75) is 25.8 Å². The van der Waals surface area contributed by atoms with Gasteiger partial charge in [-0.1, -0.05) is 25.0 Å². The molecule has 0 aliphatic rings. The number of carbonyl (C=O) groups excluding carboxylic acids is 1. The first-order valence-electron chi connectivity index (χ1n) is 5.89. The molecule has 1 aromatic rings. The Kier molecular flexibility index (Phi) is 5.42. The molecule has 1 aromatic carbocycles. The summed E-state index contributed by atoms with van der Waals surface area (Å²) >= 11 is 0. The summed E-state index contributed by atoms with van der Waals surface area (Å²) < 4.78 is 0. The first kappa shape index (κ1) is 14.6. The third-order valence-corrected chi connectivity index (χ3v) is 2.48. The standard InChI is InChI=1S/C14H16N2O3/c1-3-11(4-2)15-14(19)16-12-7-5-10(6-8-12)9-13(17)18/h1,5-8,11H,4,9H2,2H3,(H,17,18)(H2,15,16,19). The van der Waals surface area contributed by atoms with E-state index in [1.165, 1.54) is 0 Å². The normalized spacial score (nSPS) is 11.2. The fraction of sp³-hybridized carbons (Fsp3) is 0.286. The Hall–Kier alpha value is -2.48. The molecule has 19 heavy (non-hydrogen) atoms. The maximum atomic E-state index is 11.6. The molecule has 2 amide bonds. The fourth-order valence-electron chi connectivity index (χ4n) is 1.47. The predicted octanol–water partition coefficient (Wildman–Crippen LogP) is 1.85. The number of benzene rings is 1. The van der Waals surface area contributed by atoms with Crippen LogP contribution in [0.3, 0.4) is 0 Å². The zero-order valence-electron chi connectivity index (χ0n) is 10.6. The zero-order chi connectivity index (χ0) is 14.3. The van der Waals surface area contributed by atoms with E-state index in [-0.39, 0.29) is 18.5 Å². The van der Waals surface area contributed by atoms with Gasteiger partial charge < -0.3 is 15.7 Å². The lowest BCUT2D eigenvalue weighted by atomic mass is 10.1. The first-order chi connectivity index (χ1) is 9.05. The molecular formula is C14H16N2O3. The smallest absolute Gasteiger partial charge is 0.320 e. The highest BCUT2D eigenvalue weighted by Crippen LogP contribution is 2.10. The van der Waals surface area contributed by atoms with Gasteiger partial charge in [-0.3, -0.25) is 4.79 Å². The van der Waals surface area contributed by atoms with Crippen LogP contribution in [0.1, 0.15) is 18.9 Å². The predicted molar refractivity (Wildman–Crippen MR) is 72.8 cm³/mol. The molecule has 0 fully saturated rings. The average Bonchev–Trinajstić information content (AvgIpc) is 2.37. The Morgan fingerprint density at radius 2 is 2.00 bits per heavy atom. The van der Waals surface area contributed by atoms with E-state index in [9.17, 15) is 9.59 Å². The molecule has 0 aliphatic heterocycles. The van der Waals surface area contributed by atoms with Gasteiger partial charge in [0.2, 0.25) is 0 Å². The molecule has 5 heteroatoms. The van der Waals surface area contributed by atoms with E-state index < -0.39 is 5.97 Å². The van der Waals surface area contributed by atoms with Crippen LogP contribution in [0, 0.1) is 12.3 Å². The highest BCUT2D eigenvalue weighted by Gasteiger charge is 2.07. The van der Waals surface area contributed by atoms with Crippen molar-refractivity contribution in [3.63, 3.8) is 0 Å². The molecular weight excluding hydrogens is 244 g/mol. The molecule has 0 saturated heterocycles. The van der Waals surface area contributed by atoms with Gasteiger partial charge >= 0.3 is 12.0 Å². The number of hydrogen-bond acceptors (Lipinski definition) is 2. The van der Waals surface area contributed by atoms with Crippen LogP contribution in [-0.4, -0.2) is 23.1 Å². The summed E-state index contributed by atoms with van der Waals surface area (Å²) in [6, 6.07) is 5.93. The number of terminal acetylenes is 1. The molecule has 1 rings (SSSR count). The Morgan fingerprint density at radius 3 is 2.47 bits per heavy atom. The van der Waals surface area contributed by atoms with Crippen LogP contribution in [0.15, 0.2) is 24.3 Å². The van der Waals surface area contributed by atoms with Crippen molar-refractivity contribution >= 4 is 17.7 Å². The first-order valence-corrected chi connectivity index (χ1v) is 5.89. The van der Waals surface area contributed by atoms with Gasteiger partial charge in [0.15, 0.2) is 0 Å². The van der Waals surface area contributed by atoms with E-state index in [2.05, 4.69) is 16.6 Å². The topological polar surface area (TPSA) is 78.4 Å². The maximum absolute atomic E-state index is 11.6. The second-order valence-electron chi connectivity index (χ2n) is 3.99. The van der Waals surface area contributed by atoms with Crippen molar-refractivity contribution in [1.29, 1.82) is 0 Å². The summed E-state index contributed by atoms with van der Waals surface area (Å²) in [5.74, 6) is 1.57. The Balaban J connectivity index is 2.56. The van der Waals surface area contributed by atoms with Gasteiger partial charge in [-0.2, -0.15) is 0 Å². The van der Waals surface area contributed by atoms with Crippen molar-refractivity contribution in [1.82, 2.24) is 5.32 Å². The van der Waals surface area contributed by atoms with Crippen molar-refractivity contribution in [3.8, 4) is 12.3 Å². The van der Waals surface area contributed by atoms with Crippen molar-refractivity contribution < 1.29 is 14.7 Å². The number of nitrogens with one attached hydrogen (secondary N) is 2. The van der Waals surface area contributed by atoms with Crippen LogP contribution in [0.25, 0.3) is 0 Å². The van der Waals surface area contributed by atoms with Crippen LogP contribution in [0.2, 0.25) is 0 Å². The summed E-state index contributed by atoms with van der Waals surface area (Å²) in [6.45, 7) is 1.88. The Labute approximate surface area is 112 Å². The monoisotopic (exact) mass is 260 g/mol. The number of rotatable bonds is 5. The minimum Gasteiger partial charge on any atom is -0.481 e. The van der Waals surface area contributed by atoms with E-state index in [0.717, 1.165) is 0 Å². The lowest BCUT2D eigenvalue weighted by Crippen LogP contribution is -2.36. The number of urea groups is 1. The second-order valence-corrected chi connectivity index (χ2v) is 3.99. The number of aliphatic carboxylic acids is 1. The van der Waals surface area contributed by atoms with Crippen LogP contribution in [-0.2, 0) is 11.2 Å². The average molecular weight is 260 g/mol. The molecule has 0 bridgehead atoms. The van der Waals surface area contributed by atoms with Gasteiger partial charge in [0.05, 0.1) is 12.5 Å². The number of anilines is 1. The number of carboxylic acids is 1. The maximum Gasteiger partial charge on any atom is 0.320 e. The number of amides is 2. The number of carbonyl (C=O) groups is 2. The minimum atomic E-state index is -0.890. The SMILES string of the molecule is C#CC(CC)NC(=O)Nc1ccc(CC(=O)O)cc1. The molecule has 3 N–H and O–H groups in total. The van der Waals surface area contributed by atoms with Crippen molar-refractivity contribution in [3.05, 3.63) is 29.8 Å². The van der Waals surface area contributed by atoms with E-state index in [1.54, 1.807) is 24.3 Å². The minimum absolute atomic E-state index is 0.0402. The van der Waals surface area contributed by atoms with E-state index in [1.807, 2.05) is 6.92 Å². The molecule has 0 radical (unpaired) electrons. The molecule has 100 valence electrons. The summed E-state index contributed by atoms with van der Waals surface area (Å²) in [5.41, 5.74) is 1.26. The van der Waals surface area contributed by atoms with Gasteiger partial charge in [0.1, 0.15) is 0 Å². The highest BCUT2D eigenvalue weighted by atomic mass is 16.4. The Morgan fingerprint density at radius 1 is 1.37 bits per heavy atom. The lowest BCUT2D eigenvalue weighted by molar-refractivity contribution is -0.136. The second kappa shape index (κ2) is 7.07. The van der Waals surface area contributed by atoms with Crippen LogP contribution in [0.4, 0.5) is 10.5 Å². The summed E-state index contributed by atoms with van der Waals surface area (Å²) in [4.78, 5) is 22.1. The molecule has 1 unspecified atom stereocenters. The summed E-state index contributed by atoms with van der Waals surface area (Å²) in [7, 11) is 0. The van der Waals surface area contributed by atoms with E-state index in [4.69, 9.17) is 11.5 Å². The van der Waals surface area contributed by atoms with Crippen molar-refractivity contribution in [2.24, 2.45) is 0 Å². The summed E-state index contributed by atoms with van der Waals surface area (Å²) in [5, 5.41) is 13.9. The van der Waals surface area contributed by atoms with E-state index >= 15 is 0 Å². The van der Waals surface area contributed by atoms with Crippen LogP contribution < -0.4 is 10.6 Å². The third kappa shape index (κ3) is 5.13. The van der Waals surface area contributed by atoms with E-state index in [0.29, 0.717) is 17.7 Å². The van der Waals surface area contributed by atoms with Gasteiger partial charge in [0.25, 0.3) is 0 Å². The third-order valence-electron chi connectivity index (χ3n) is 2.48. The van der Waals surface area contributed by atoms with Gasteiger partial charge in [-0.05, 0) is 24.1 Å². The molecule has 0 spiro atoms. The number of hydrogen-bond donors (Lipinski definition) is 3. The van der Waals surface area contributed by atoms with Crippen molar-refractivity contribution in [2.75, 3.05) is 5.32 Å². The van der Waals surface area contributed by atoms with Crippen LogP contribution in [0.5, 0.6) is 0 Å². The zero-order valence-corrected chi connectivity index (χ0v) is 10.6. The molecule has 0 aliphatic carbocycles. The number of carboxylic acid groups (broad SMARTS) is 1. The van der Waals surface area contributed by atoms with Gasteiger partial charge in [-0.15, -0.1) is 6.42 Å². The lowest BCUT2D eigenvalue weighted by Gasteiger charge is -2.12. The Bertz CT molecular complexity index is 488. The summed E-state index contributed by atoms with van der Waals surface area (Å²) in [6.07, 6.45) is 5.86. The quantitative estimate of drug-likeness (QED) is 0.707. The molecule has 0 heterocycles. The van der Waals surface area contributed by atoms with Crippen LogP contribution >= 0.6 is 0 Å². The molecule has 0 aromatic heterocycles. The fourth-order valence-corrected chi connectivity index (χ4v) is 1.47. The van der Waals surface area contributed by atoms with Gasteiger partial charge in [0, 0.05) is 5.69 Å². The van der Waals surface area contributed by atoms with Gasteiger partial charge in [-0.25, -0.2) is 4.79 Å². The molecule has 5 nitrogen and oxygen atoms in total. The largest absolute Gasteiger partial charge is 0.481 e. The highest BCUT2D eigenvalue weighted by molar-refractivity contribution is 5.89. The molecule has 1 atom stereocenters.